The van der Waals surface area contributed by atoms with Gasteiger partial charge < -0.3 is 15.0 Å². The molecule has 1 aromatic carbocycles. The van der Waals surface area contributed by atoms with Crippen molar-refractivity contribution in [3.05, 3.63) is 35.4 Å². The quantitative estimate of drug-likeness (QED) is 0.850. The Morgan fingerprint density at radius 1 is 1.50 bits per heavy atom. The SMILES string of the molecule is CNCC1CCCN(C(=O)C=Cc2cc(C)ccc2OC)C1. The summed E-state index contributed by atoms with van der Waals surface area (Å²) in [7, 11) is 3.61. The van der Waals surface area contributed by atoms with Crippen molar-refractivity contribution in [1.29, 1.82) is 0 Å². The van der Waals surface area contributed by atoms with Crippen LogP contribution in [0.15, 0.2) is 24.3 Å². The van der Waals surface area contributed by atoms with Crippen LogP contribution >= 0.6 is 0 Å². The van der Waals surface area contributed by atoms with Crippen molar-refractivity contribution in [2.45, 2.75) is 19.8 Å². The number of likely N-dealkylation sites (tertiary alicyclic amines) is 1. The predicted molar refractivity (Wildman–Crippen MR) is 90.0 cm³/mol. The Morgan fingerprint density at radius 3 is 3.05 bits per heavy atom. The summed E-state index contributed by atoms with van der Waals surface area (Å²) in [5, 5.41) is 3.20. The minimum absolute atomic E-state index is 0.0874. The average molecular weight is 302 g/mol. The molecule has 0 saturated carbocycles. The number of nitrogens with zero attached hydrogens (tertiary/aromatic N) is 1. The lowest BCUT2D eigenvalue weighted by molar-refractivity contribution is -0.127. The van der Waals surface area contributed by atoms with E-state index in [0.29, 0.717) is 5.92 Å². The third-order valence-corrected chi connectivity index (χ3v) is 4.11. The topological polar surface area (TPSA) is 41.6 Å². The van der Waals surface area contributed by atoms with Crippen LogP contribution < -0.4 is 10.1 Å². The van der Waals surface area contributed by atoms with Gasteiger partial charge in [0.2, 0.25) is 5.91 Å². The van der Waals surface area contributed by atoms with Crippen LogP contribution in [0.25, 0.3) is 6.08 Å². The number of methoxy groups -OCH3 is 1. The highest BCUT2D eigenvalue weighted by atomic mass is 16.5. The fraction of sp³-hybridized carbons (Fsp3) is 0.500. The van der Waals surface area contributed by atoms with Crippen LogP contribution in [0, 0.1) is 12.8 Å². The third kappa shape index (κ3) is 4.34. The zero-order chi connectivity index (χ0) is 15.9. The van der Waals surface area contributed by atoms with Gasteiger partial charge in [0.05, 0.1) is 7.11 Å². The van der Waals surface area contributed by atoms with Gasteiger partial charge in [-0.15, -0.1) is 0 Å². The molecule has 0 radical (unpaired) electrons. The van der Waals surface area contributed by atoms with Gasteiger partial charge in [0, 0.05) is 24.7 Å². The Labute approximate surface area is 133 Å². The van der Waals surface area contributed by atoms with Gasteiger partial charge in [-0.3, -0.25) is 4.79 Å². The number of ether oxygens (including phenoxy) is 1. The summed E-state index contributed by atoms with van der Waals surface area (Å²) in [6.45, 7) is 4.70. The third-order valence-electron chi connectivity index (χ3n) is 4.11. The number of carbonyl (C=O) groups excluding carboxylic acids is 1. The number of benzene rings is 1. The van der Waals surface area contributed by atoms with Crippen LogP contribution in [0.2, 0.25) is 0 Å². The minimum atomic E-state index is 0.0874. The van der Waals surface area contributed by atoms with E-state index in [4.69, 9.17) is 4.74 Å². The van der Waals surface area contributed by atoms with Crippen molar-refractivity contribution in [3.63, 3.8) is 0 Å². The number of aryl methyl sites for hydroxylation is 1. The molecule has 0 spiro atoms. The number of piperidine rings is 1. The Balaban J connectivity index is 2.03. The van der Waals surface area contributed by atoms with E-state index in [0.717, 1.165) is 42.9 Å². The molecule has 1 heterocycles. The van der Waals surface area contributed by atoms with Gasteiger partial charge in [0.25, 0.3) is 0 Å². The molecule has 1 aliphatic heterocycles. The molecular weight excluding hydrogens is 276 g/mol. The van der Waals surface area contributed by atoms with E-state index in [2.05, 4.69) is 5.32 Å². The van der Waals surface area contributed by atoms with Gasteiger partial charge in [0.1, 0.15) is 5.75 Å². The Bertz CT molecular complexity index is 538. The molecule has 1 aliphatic rings. The first-order valence-electron chi connectivity index (χ1n) is 7.90. The summed E-state index contributed by atoms with van der Waals surface area (Å²) < 4.78 is 5.34. The molecule has 22 heavy (non-hydrogen) atoms. The molecule has 1 N–H and O–H groups in total. The normalized spacial score (nSPS) is 18.7. The number of carbonyl (C=O) groups is 1. The molecule has 1 aromatic rings. The van der Waals surface area contributed by atoms with Crippen molar-refractivity contribution in [3.8, 4) is 5.75 Å². The lowest BCUT2D eigenvalue weighted by atomic mass is 9.98. The molecule has 4 heteroatoms. The Kier molecular flexibility index (Phi) is 6.01. The lowest BCUT2D eigenvalue weighted by Gasteiger charge is -2.32. The van der Waals surface area contributed by atoms with E-state index in [-0.39, 0.29) is 5.91 Å². The highest BCUT2D eigenvalue weighted by molar-refractivity contribution is 5.92. The van der Waals surface area contributed by atoms with Crippen LogP contribution in [0.3, 0.4) is 0 Å². The van der Waals surface area contributed by atoms with E-state index in [1.165, 1.54) is 6.42 Å². The number of nitrogens with one attached hydrogen (secondary N) is 1. The summed E-state index contributed by atoms with van der Waals surface area (Å²) in [5.41, 5.74) is 2.10. The molecule has 0 aromatic heterocycles. The second kappa shape index (κ2) is 7.99. The standard InChI is InChI=1S/C18H26N2O2/c1-14-6-8-17(22-3)16(11-14)7-9-18(21)20-10-4-5-15(13-20)12-19-2/h6-9,11,15,19H,4-5,10,12-13H2,1-3H3. The molecule has 1 fully saturated rings. The lowest BCUT2D eigenvalue weighted by Crippen LogP contribution is -2.41. The maximum Gasteiger partial charge on any atom is 0.246 e. The van der Waals surface area contributed by atoms with Crippen molar-refractivity contribution in [1.82, 2.24) is 10.2 Å². The first-order valence-corrected chi connectivity index (χ1v) is 7.90. The smallest absolute Gasteiger partial charge is 0.246 e. The second-order valence-corrected chi connectivity index (χ2v) is 5.93. The van der Waals surface area contributed by atoms with Gasteiger partial charge in [-0.1, -0.05) is 11.6 Å². The first kappa shape index (κ1) is 16.6. The highest BCUT2D eigenvalue weighted by Crippen LogP contribution is 2.21. The van der Waals surface area contributed by atoms with Crippen molar-refractivity contribution >= 4 is 12.0 Å². The largest absolute Gasteiger partial charge is 0.496 e. The Hall–Kier alpha value is -1.81. The molecule has 1 saturated heterocycles. The number of hydrogen-bond acceptors (Lipinski definition) is 3. The number of hydrogen-bond donors (Lipinski definition) is 1. The number of amides is 1. The number of rotatable bonds is 5. The van der Waals surface area contributed by atoms with Crippen LogP contribution in [-0.4, -0.2) is 44.6 Å². The molecule has 0 bridgehead atoms. The maximum absolute atomic E-state index is 12.4. The van der Waals surface area contributed by atoms with Gasteiger partial charge in [-0.25, -0.2) is 0 Å². The van der Waals surface area contributed by atoms with Gasteiger partial charge in [0.15, 0.2) is 0 Å². The van der Waals surface area contributed by atoms with E-state index >= 15 is 0 Å². The monoisotopic (exact) mass is 302 g/mol. The minimum Gasteiger partial charge on any atom is -0.496 e. The van der Waals surface area contributed by atoms with Gasteiger partial charge in [-0.05, 0) is 57.5 Å². The molecule has 120 valence electrons. The van der Waals surface area contributed by atoms with Crippen molar-refractivity contribution < 1.29 is 9.53 Å². The van der Waals surface area contributed by atoms with E-state index in [1.54, 1.807) is 13.2 Å². The van der Waals surface area contributed by atoms with Crippen molar-refractivity contribution in [2.75, 3.05) is 33.8 Å². The van der Waals surface area contributed by atoms with Crippen LogP contribution in [-0.2, 0) is 4.79 Å². The summed E-state index contributed by atoms with van der Waals surface area (Å²) in [5.74, 6) is 1.44. The molecule has 4 nitrogen and oxygen atoms in total. The molecule has 1 amide bonds. The molecule has 0 aliphatic carbocycles. The second-order valence-electron chi connectivity index (χ2n) is 5.93. The summed E-state index contributed by atoms with van der Waals surface area (Å²) >= 11 is 0. The average Bonchev–Trinajstić information content (AvgIpc) is 2.53. The molecule has 1 unspecified atom stereocenters. The van der Waals surface area contributed by atoms with Crippen LogP contribution in [0.1, 0.15) is 24.0 Å². The molecule has 1 atom stereocenters. The zero-order valence-corrected chi connectivity index (χ0v) is 13.8. The Morgan fingerprint density at radius 2 is 2.32 bits per heavy atom. The summed E-state index contributed by atoms with van der Waals surface area (Å²) in [6, 6.07) is 5.97. The molecule has 2 rings (SSSR count). The highest BCUT2D eigenvalue weighted by Gasteiger charge is 2.21. The van der Waals surface area contributed by atoms with Gasteiger partial charge in [-0.2, -0.15) is 0 Å². The summed E-state index contributed by atoms with van der Waals surface area (Å²) in [6.07, 6.45) is 5.80. The van der Waals surface area contributed by atoms with Crippen molar-refractivity contribution in [2.24, 2.45) is 5.92 Å². The first-order chi connectivity index (χ1) is 10.6. The fourth-order valence-corrected chi connectivity index (χ4v) is 2.97. The van der Waals surface area contributed by atoms with Gasteiger partial charge >= 0.3 is 0 Å². The summed E-state index contributed by atoms with van der Waals surface area (Å²) in [4.78, 5) is 14.3. The predicted octanol–water partition coefficient (Wildman–Crippen LogP) is 2.47. The van der Waals surface area contributed by atoms with E-state index < -0.39 is 0 Å². The van der Waals surface area contributed by atoms with Crippen LogP contribution in [0.5, 0.6) is 5.75 Å². The zero-order valence-electron chi connectivity index (χ0n) is 13.8. The van der Waals surface area contributed by atoms with E-state index in [1.807, 2.05) is 43.1 Å². The van der Waals surface area contributed by atoms with Crippen LogP contribution in [0.4, 0.5) is 0 Å². The fourth-order valence-electron chi connectivity index (χ4n) is 2.97. The molecular formula is C18H26N2O2. The maximum atomic E-state index is 12.4. The van der Waals surface area contributed by atoms with E-state index in [9.17, 15) is 4.79 Å².